The van der Waals surface area contributed by atoms with Crippen LogP contribution >= 0.6 is 0 Å². The quantitative estimate of drug-likeness (QED) is 0.457. The van der Waals surface area contributed by atoms with Crippen molar-refractivity contribution in [2.45, 2.75) is 6.92 Å². The van der Waals surface area contributed by atoms with Gasteiger partial charge in [0.1, 0.15) is 5.76 Å². The number of hydrogen-bond donors (Lipinski definition) is 0. The first-order chi connectivity index (χ1) is 8.75. The van der Waals surface area contributed by atoms with E-state index in [-0.39, 0.29) is 5.78 Å². The number of carbonyl (C=O) groups excluding carboxylic acids is 1. The van der Waals surface area contributed by atoms with Crippen molar-refractivity contribution in [2.75, 3.05) is 0 Å². The predicted molar refractivity (Wildman–Crippen MR) is 72.4 cm³/mol. The first kappa shape index (κ1) is 12.1. The monoisotopic (exact) mass is 238 g/mol. The molecule has 0 N–H and O–H groups in total. The lowest BCUT2D eigenvalue weighted by Gasteiger charge is -1.95. The number of allylic oxidation sites excluding steroid dienone is 3. The van der Waals surface area contributed by atoms with Crippen LogP contribution in [0.25, 0.3) is 6.08 Å². The maximum atomic E-state index is 11.8. The molecule has 1 heterocycles. The van der Waals surface area contributed by atoms with Crippen molar-refractivity contribution in [3.05, 3.63) is 77.8 Å². The predicted octanol–water partition coefficient (Wildman–Crippen LogP) is 4.04. The fourth-order valence-electron chi connectivity index (χ4n) is 1.49. The summed E-state index contributed by atoms with van der Waals surface area (Å²) in [6.45, 7) is 2.00. The minimum absolute atomic E-state index is 0.000838. The first-order valence-corrected chi connectivity index (χ1v) is 5.75. The van der Waals surface area contributed by atoms with E-state index < -0.39 is 0 Å². The SMILES string of the molecule is Cc1ccc(C(=O)/C=C/C=C/c2ccco2)cc1. The molecule has 18 heavy (non-hydrogen) atoms. The third kappa shape index (κ3) is 3.32. The molecule has 0 spiro atoms. The van der Waals surface area contributed by atoms with Crippen LogP contribution in [-0.4, -0.2) is 5.78 Å². The van der Waals surface area contributed by atoms with E-state index in [0.29, 0.717) is 5.56 Å². The minimum Gasteiger partial charge on any atom is -0.465 e. The van der Waals surface area contributed by atoms with E-state index in [9.17, 15) is 4.79 Å². The Morgan fingerprint density at radius 1 is 1.11 bits per heavy atom. The average Bonchev–Trinajstić information content (AvgIpc) is 2.88. The Labute approximate surface area is 106 Å². The number of rotatable bonds is 4. The van der Waals surface area contributed by atoms with Gasteiger partial charge in [0.15, 0.2) is 5.78 Å². The van der Waals surface area contributed by atoms with Crippen LogP contribution < -0.4 is 0 Å². The number of benzene rings is 1. The largest absolute Gasteiger partial charge is 0.465 e. The Kier molecular flexibility index (Phi) is 3.92. The maximum Gasteiger partial charge on any atom is 0.185 e. The van der Waals surface area contributed by atoms with Crippen LogP contribution in [0.1, 0.15) is 21.7 Å². The first-order valence-electron chi connectivity index (χ1n) is 5.75. The molecule has 0 aliphatic rings. The topological polar surface area (TPSA) is 30.2 Å². The third-order valence-electron chi connectivity index (χ3n) is 2.50. The summed E-state index contributed by atoms with van der Waals surface area (Å²) in [7, 11) is 0. The molecule has 0 amide bonds. The van der Waals surface area contributed by atoms with Crippen molar-refractivity contribution in [2.24, 2.45) is 0 Å². The zero-order valence-electron chi connectivity index (χ0n) is 10.2. The Hall–Kier alpha value is -2.35. The van der Waals surface area contributed by atoms with Gasteiger partial charge in [0.05, 0.1) is 6.26 Å². The lowest BCUT2D eigenvalue weighted by molar-refractivity contribution is 0.104. The molecule has 1 aromatic heterocycles. The van der Waals surface area contributed by atoms with Gasteiger partial charge in [-0.25, -0.2) is 0 Å². The second-order valence-electron chi connectivity index (χ2n) is 3.96. The zero-order chi connectivity index (χ0) is 12.8. The summed E-state index contributed by atoms with van der Waals surface area (Å²) >= 11 is 0. The zero-order valence-corrected chi connectivity index (χ0v) is 10.2. The summed E-state index contributed by atoms with van der Waals surface area (Å²) in [5.41, 5.74) is 1.84. The van der Waals surface area contributed by atoms with Crippen LogP contribution in [0.5, 0.6) is 0 Å². The average molecular weight is 238 g/mol. The molecule has 0 saturated carbocycles. The van der Waals surface area contributed by atoms with Crippen molar-refractivity contribution >= 4 is 11.9 Å². The molecule has 2 aromatic rings. The molecule has 0 radical (unpaired) electrons. The molecule has 2 rings (SSSR count). The molecule has 0 atom stereocenters. The fourth-order valence-corrected chi connectivity index (χ4v) is 1.49. The highest BCUT2D eigenvalue weighted by Crippen LogP contribution is 2.05. The van der Waals surface area contributed by atoms with Gasteiger partial charge >= 0.3 is 0 Å². The second kappa shape index (κ2) is 5.82. The highest BCUT2D eigenvalue weighted by atomic mass is 16.3. The van der Waals surface area contributed by atoms with Gasteiger partial charge in [0, 0.05) is 5.56 Å². The van der Waals surface area contributed by atoms with E-state index in [1.54, 1.807) is 30.6 Å². The summed E-state index contributed by atoms with van der Waals surface area (Å²) in [6, 6.07) is 11.2. The van der Waals surface area contributed by atoms with Crippen molar-refractivity contribution in [1.29, 1.82) is 0 Å². The van der Waals surface area contributed by atoms with Gasteiger partial charge in [-0.15, -0.1) is 0 Å². The molecular formula is C16H14O2. The van der Waals surface area contributed by atoms with E-state index in [0.717, 1.165) is 11.3 Å². The molecule has 0 aliphatic carbocycles. The Balaban J connectivity index is 1.97. The van der Waals surface area contributed by atoms with Gasteiger partial charge in [0.2, 0.25) is 0 Å². The molecule has 90 valence electrons. The third-order valence-corrected chi connectivity index (χ3v) is 2.50. The summed E-state index contributed by atoms with van der Waals surface area (Å²) < 4.78 is 5.13. The van der Waals surface area contributed by atoms with E-state index >= 15 is 0 Å². The summed E-state index contributed by atoms with van der Waals surface area (Å²) in [5.74, 6) is 0.765. The van der Waals surface area contributed by atoms with Crippen molar-refractivity contribution in [3.8, 4) is 0 Å². The van der Waals surface area contributed by atoms with Crippen LogP contribution in [0.3, 0.4) is 0 Å². The normalized spacial score (nSPS) is 11.4. The smallest absolute Gasteiger partial charge is 0.185 e. The van der Waals surface area contributed by atoms with Crippen LogP contribution in [-0.2, 0) is 0 Å². The number of hydrogen-bond acceptors (Lipinski definition) is 2. The van der Waals surface area contributed by atoms with E-state index in [1.807, 2.05) is 43.3 Å². The van der Waals surface area contributed by atoms with Gasteiger partial charge < -0.3 is 4.42 Å². The lowest BCUT2D eigenvalue weighted by atomic mass is 10.1. The van der Waals surface area contributed by atoms with Crippen molar-refractivity contribution in [1.82, 2.24) is 0 Å². The minimum atomic E-state index is -0.000838. The fraction of sp³-hybridized carbons (Fsp3) is 0.0625. The highest BCUT2D eigenvalue weighted by molar-refractivity contribution is 6.04. The van der Waals surface area contributed by atoms with Gasteiger partial charge in [0.25, 0.3) is 0 Å². The van der Waals surface area contributed by atoms with Gasteiger partial charge in [-0.1, -0.05) is 42.0 Å². The summed E-state index contributed by atoms with van der Waals surface area (Å²) in [5, 5.41) is 0. The van der Waals surface area contributed by atoms with Crippen LogP contribution in [0.4, 0.5) is 0 Å². The number of aryl methyl sites for hydroxylation is 1. The molecule has 0 saturated heterocycles. The van der Waals surface area contributed by atoms with Gasteiger partial charge in [-0.3, -0.25) is 4.79 Å². The van der Waals surface area contributed by atoms with Gasteiger partial charge in [-0.05, 0) is 31.2 Å². The molecule has 0 fully saturated rings. The highest BCUT2D eigenvalue weighted by Gasteiger charge is 1.99. The molecule has 2 heteroatoms. The Morgan fingerprint density at radius 2 is 1.89 bits per heavy atom. The standard InChI is InChI=1S/C16H14O2/c1-13-8-10-14(11-9-13)16(17)7-3-2-5-15-6-4-12-18-15/h2-12H,1H3/b5-2+,7-3+. The maximum absolute atomic E-state index is 11.8. The Bertz CT molecular complexity index is 558. The summed E-state index contributed by atoms with van der Waals surface area (Å²) in [6.07, 6.45) is 8.46. The second-order valence-corrected chi connectivity index (χ2v) is 3.96. The van der Waals surface area contributed by atoms with E-state index in [1.165, 1.54) is 0 Å². The molecule has 0 bridgehead atoms. The van der Waals surface area contributed by atoms with Gasteiger partial charge in [-0.2, -0.15) is 0 Å². The Morgan fingerprint density at radius 3 is 2.56 bits per heavy atom. The van der Waals surface area contributed by atoms with Crippen LogP contribution in [0.2, 0.25) is 0 Å². The molecular weight excluding hydrogens is 224 g/mol. The van der Waals surface area contributed by atoms with Crippen molar-refractivity contribution in [3.63, 3.8) is 0 Å². The molecule has 0 aliphatic heterocycles. The van der Waals surface area contributed by atoms with Crippen LogP contribution in [0.15, 0.2) is 65.3 Å². The number of furan rings is 1. The van der Waals surface area contributed by atoms with Crippen molar-refractivity contribution < 1.29 is 9.21 Å². The molecule has 0 unspecified atom stereocenters. The number of ketones is 1. The van der Waals surface area contributed by atoms with Crippen LogP contribution in [0, 0.1) is 6.92 Å². The van der Waals surface area contributed by atoms with E-state index in [4.69, 9.17) is 4.42 Å². The summed E-state index contributed by atoms with van der Waals surface area (Å²) in [4.78, 5) is 11.8. The van der Waals surface area contributed by atoms with E-state index in [2.05, 4.69) is 0 Å². The molecule has 1 aromatic carbocycles. The number of carbonyl (C=O) groups is 1. The molecule has 2 nitrogen and oxygen atoms in total. The lowest BCUT2D eigenvalue weighted by Crippen LogP contribution is -1.93.